The summed E-state index contributed by atoms with van der Waals surface area (Å²) in [7, 11) is 0. The third-order valence-electron chi connectivity index (χ3n) is 3.27. The van der Waals surface area contributed by atoms with Gasteiger partial charge in [-0.3, -0.25) is 4.79 Å². The van der Waals surface area contributed by atoms with Gasteiger partial charge in [0, 0.05) is 11.6 Å². The summed E-state index contributed by atoms with van der Waals surface area (Å²) in [4.78, 5) is 12.2. The van der Waals surface area contributed by atoms with E-state index >= 15 is 0 Å². The largest absolute Gasteiger partial charge is 0.454 e. The fraction of sp³-hybridized carbons (Fsp3) is 0. The lowest BCUT2D eigenvalue weighted by atomic mass is 10.1. The highest BCUT2D eigenvalue weighted by Crippen LogP contribution is 2.28. The molecular weight excluding hydrogens is 266 g/mol. The van der Waals surface area contributed by atoms with Crippen LogP contribution in [0.4, 0.5) is 11.4 Å². The van der Waals surface area contributed by atoms with Crippen LogP contribution in [-0.2, 0) is 0 Å². The first kappa shape index (κ1) is 12.8. The van der Waals surface area contributed by atoms with Crippen LogP contribution in [0, 0.1) is 11.3 Å². The van der Waals surface area contributed by atoms with Crippen molar-refractivity contribution in [2.45, 2.75) is 0 Å². The number of nitriles is 1. The van der Waals surface area contributed by atoms with Crippen LogP contribution in [0.25, 0.3) is 22.3 Å². The van der Waals surface area contributed by atoms with Crippen LogP contribution in [0.3, 0.4) is 0 Å². The Morgan fingerprint density at radius 1 is 1.05 bits per heavy atom. The van der Waals surface area contributed by atoms with Crippen molar-refractivity contribution in [3.05, 3.63) is 58.3 Å². The molecule has 5 heteroatoms. The number of benzene rings is 2. The molecule has 0 aliphatic heterocycles. The molecule has 0 saturated heterocycles. The van der Waals surface area contributed by atoms with Crippen LogP contribution >= 0.6 is 0 Å². The molecule has 21 heavy (non-hydrogen) atoms. The van der Waals surface area contributed by atoms with Gasteiger partial charge in [-0.1, -0.05) is 0 Å². The minimum absolute atomic E-state index is 0.192. The van der Waals surface area contributed by atoms with E-state index in [1.165, 1.54) is 6.07 Å². The van der Waals surface area contributed by atoms with Crippen LogP contribution in [0.5, 0.6) is 0 Å². The fourth-order valence-electron chi connectivity index (χ4n) is 2.11. The SMILES string of the molecule is N#Cc1ccc(-c2cc(=O)c3ccc(N)c(N)c3o2)cc1. The highest BCUT2D eigenvalue weighted by molar-refractivity contribution is 5.94. The van der Waals surface area contributed by atoms with Gasteiger partial charge < -0.3 is 15.9 Å². The van der Waals surface area contributed by atoms with Gasteiger partial charge in [0.15, 0.2) is 11.0 Å². The second kappa shape index (κ2) is 4.69. The van der Waals surface area contributed by atoms with E-state index < -0.39 is 0 Å². The second-order valence-electron chi connectivity index (χ2n) is 4.61. The molecule has 0 fully saturated rings. The van der Waals surface area contributed by atoms with Crippen LogP contribution in [-0.4, -0.2) is 0 Å². The molecule has 1 aromatic heterocycles. The molecule has 0 aliphatic rings. The molecule has 0 saturated carbocycles. The number of hydrogen-bond acceptors (Lipinski definition) is 5. The summed E-state index contributed by atoms with van der Waals surface area (Å²) in [5, 5.41) is 9.19. The van der Waals surface area contributed by atoms with Crippen molar-refractivity contribution >= 4 is 22.3 Å². The minimum Gasteiger partial charge on any atom is -0.454 e. The average molecular weight is 277 g/mol. The first-order valence-electron chi connectivity index (χ1n) is 6.22. The molecule has 3 rings (SSSR count). The van der Waals surface area contributed by atoms with Crippen molar-refractivity contribution < 1.29 is 4.42 Å². The van der Waals surface area contributed by atoms with Gasteiger partial charge >= 0.3 is 0 Å². The van der Waals surface area contributed by atoms with Gasteiger partial charge in [0.25, 0.3) is 0 Å². The van der Waals surface area contributed by atoms with Crippen LogP contribution < -0.4 is 16.9 Å². The molecule has 4 N–H and O–H groups in total. The summed E-state index contributed by atoms with van der Waals surface area (Å²) in [6.07, 6.45) is 0. The van der Waals surface area contributed by atoms with Crippen LogP contribution in [0.15, 0.2) is 51.7 Å². The summed E-state index contributed by atoms with van der Waals surface area (Å²) in [6, 6.07) is 13.3. The average Bonchev–Trinajstić information content (AvgIpc) is 2.51. The zero-order valence-corrected chi connectivity index (χ0v) is 11.0. The normalized spacial score (nSPS) is 10.4. The number of anilines is 2. The Morgan fingerprint density at radius 3 is 2.43 bits per heavy atom. The van der Waals surface area contributed by atoms with Crippen molar-refractivity contribution in [3.63, 3.8) is 0 Å². The van der Waals surface area contributed by atoms with Crippen LogP contribution in [0.1, 0.15) is 5.56 Å². The topological polar surface area (TPSA) is 106 Å². The maximum absolute atomic E-state index is 12.2. The quantitative estimate of drug-likeness (QED) is 0.664. The zero-order chi connectivity index (χ0) is 15.0. The van der Waals surface area contributed by atoms with Crippen molar-refractivity contribution in [2.75, 3.05) is 11.5 Å². The van der Waals surface area contributed by atoms with Crippen molar-refractivity contribution in [1.29, 1.82) is 5.26 Å². The maximum Gasteiger partial charge on any atom is 0.193 e. The molecule has 5 nitrogen and oxygen atoms in total. The molecule has 3 aromatic rings. The Morgan fingerprint density at radius 2 is 1.76 bits per heavy atom. The van der Waals surface area contributed by atoms with Gasteiger partial charge in [-0.2, -0.15) is 5.26 Å². The first-order valence-corrected chi connectivity index (χ1v) is 6.22. The molecule has 0 bridgehead atoms. The van der Waals surface area contributed by atoms with E-state index in [0.717, 1.165) is 0 Å². The van der Waals surface area contributed by atoms with E-state index in [-0.39, 0.29) is 16.7 Å². The van der Waals surface area contributed by atoms with Gasteiger partial charge in [-0.25, -0.2) is 0 Å². The summed E-state index contributed by atoms with van der Waals surface area (Å²) in [5.41, 5.74) is 13.5. The van der Waals surface area contributed by atoms with Crippen LogP contribution in [0.2, 0.25) is 0 Å². The van der Waals surface area contributed by atoms with E-state index in [1.54, 1.807) is 36.4 Å². The van der Waals surface area contributed by atoms with Crippen molar-refractivity contribution in [3.8, 4) is 17.4 Å². The smallest absolute Gasteiger partial charge is 0.193 e. The Kier molecular flexibility index (Phi) is 2.85. The number of nitrogens with two attached hydrogens (primary N) is 2. The monoisotopic (exact) mass is 277 g/mol. The summed E-state index contributed by atoms with van der Waals surface area (Å²) >= 11 is 0. The molecule has 2 aromatic carbocycles. The molecule has 102 valence electrons. The molecule has 0 aliphatic carbocycles. The molecule has 0 radical (unpaired) electrons. The van der Waals surface area contributed by atoms with Gasteiger partial charge in [-0.05, 0) is 36.4 Å². The molecule has 0 atom stereocenters. The lowest BCUT2D eigenvalue weighted by Crippen LogP contribution is -2.04. The lowest BCUT2D eigenvalue weighted by molar-refractivity contribution is 0.620. The first-order chi connectivity index (χ1) is 10.1. The summed E-state index contributed by atoms with van der Waals surface area (Å²) in [5.74, 6) is 0.384. The number of hydrogen-bond donors (Lipinski definition) is 2. The van der Waals surface area contributed by atoms with E-state index in [1.807, 2.05) is 6.07 Å². The highest BCUT2D eigenvalue weighted by atomic mass is 16.3. The molecular formula is C16H11N3O2. The molecule has 0 amide bonds. The van der Waals surface area contributed by atoms with E-state index in [9.17, 15) is 4.79 Å². The molecule has 1 heterocycles. The highest BCUT2D eigenvalue weighted by Gasteiger charge is 2.11. The van der Waals surface area contributed by atoms with E-state index in [4.69, 9.17) is 21.1 Å². The van der Waals surface area contributed by atoms with Gasteiger partial charge in [0.1, 0.15) is 5.76 Å². The maximum atomic E-state index is 12.2. The summed E-state index contributed by atoms with van der Waals surface area (Å²) < 4.78 is 5.73. The Bertz CT molecular complexity index is 935. The van der Waals surface area contributed by atoms with E-state index in [0.29, 0.717) is 28.0 Å². The number of nitrogen functional groups attached to an aromatic ring is 2. The Hall–Kier alpha value is -3.26. The third kappa shape index (κ3) is 2.09. The number of rotatable bonds is 1. The van der Waals surface area contributed by atoms with Gasteiger partial charge in [0.05, 0.1) is 28.4 Å². The predicted octanol–water partition coefficient (Wildman–Crippen LogP) is 2.50. The van der Waals surface area contributed by atoms with Gasteiger partial charge in [-0.15, -0.1) is 0 Å². The van der Waals surface area contributed by atoms with Crippen molar-refractivity contribution in [1.82, 2.24) is 0 Å². The number of fused-ring (bicyclic) bond motifs is 1. The molecule has 0 spiro atoms. The minimum atomic E-state index is -0.192. The standard InChI is InChI=1S/C16H11N3O2/c17-8-9-1-3-10(4-2-9)14-7-13(20)11-5-6-12(18)15(19)16(11)21-14/h1-7H,18-19H2. The fourth-order valence-corrected chi connectivity index (χ4v) is 2.11. The third-order valence-corrected chi connectivity index (χ3v) is 3.27. The van der Waals surface area contributed by atoms with Gasteiger partial charge in [0.2, 0.25) is 0 Å². The lowest BCUT2D eigenvalue weighted by Gasteiger charge is -2.07. The van der Waals surface area contributed by atoms with E-state index in [2.05, 4.69) is 0 Å². The summed E-state index contributed by atoms with van der Waals surface area (Å²) in [6.45, 7) is 0. The Balaban J connectivity index is 2.26. The second-order valence-corrected chi connectivity index (χ2v) is 4.61. The zero-order valence-electron chi connectivity index (χ0n) is 11.0. The predicted molar refractivity (Wildman–Crippen MR) is 81.5 cm³/mol. The number of nitrogens with zero attached hydrogens (tertiary/aromatic N) is 1. The Labute approximate surface area is 120 Å². The molecule has 0 unspecified atom stereocenters. The van der Waals surface area contributed by atoms with Crippen molar-refractivity contribution in [2.24, 2.45) is 0 Å².